The van der Waals surface area contributed by atoms with Crippen LogP contribution in [0.2, 0.25) is 0 Å². The average molecular weight is 907 g/mol. The number of aliphatic hydroxyl groups is 1. The van der Waals surface area contributed by atoms with Crippen molar-refractivity contribution in [3.05, 3.63) is 20.1 Å². The van der Waals surface area contributed by atoms with Gasteiger partial charge < -0.3 is 35.8 Å². The van der Waals surface area contributed by atoms with E-state index in [0.29, 0.717) is 49.1 Å². The molecule has 17 nitrogen and oxygen atoms in total. The summed E-state index contributed by atoms with van der Waals surface area (Å²) in [5.41, 5.74) is 11.9. The smallest absolute Gasteiger partial charge is 0.410 e. The molecule has 6 rings (SSSR count). The first-order valence-electron chi connectivity index (χ1n) is 15.8. The second-order valence-corrected chi connectivity index (χ2v) is 15.7. The highest BCUT2D eigenvalue weighted by Crippen LogP contribution is 2.29. The first kappa shape index (κ1) is 38.5. The molecule has 4 aromatic rings. The maximum absolute atomic E-state index is 12.3. The number of fused-ring (bicyclic) bond motifs is 2. The number of hydrogen-bond donors (Lipinski definition) is 4. The van der Waals surface area contributed by atoms with Crippen molar-refractivity contribution in [2.45, 2.75) is 90.6 Å². The number of nitrogens with two attached hydrogens (primary N) is 2. The minimum atomic E-state index is -0.501. The third kappa shape index (κ3) is 10.6. The van der Waals surface area contributed by atoms with E-state index in [0.717, 1.165) is 43.9 Å². The minimum Gasteiger partial charge on any atom is -0.444 e. The zero-order valence-corrected chi connectivity index (χ0v) is 32.8. The van der Waals surface area contributed by atoms with Crippen LogP contribution in [0.1, 0.15) is 73.3 Å². The highest BCUT2D eigenvalue weighted by molar-refractivity contribution is 14.1. The number of aromatic amines is 1. The Kier molecular flexibility index (Phi) is 12.7. The Bertz CT molecular complexity index is 1750. The maximum atomic E-state index is 12.3. The number of β-amino-alcohol motifs (C(OH)–C–C–N with tert-alkyl or cyclic N) is 1. The zero-order valence-electron chi connectivity index (χ0n) is 28.5. The quantitative estimate of drug-likeness (QED) is 0.193. The fraction of sp³-hybridized carbons (Fsp3) is 0.600. The number of carbonyl (C=O) groups is 2. The van der Waals surface area contributed by atoms with Gasteiger partial charge in [0.25, 0.3) is 0 Å². The van der Waals surface area contributed by atoms with E-state index in [1.54, 1.807) is 9.80 Å². The number of amides is 2. The molecule has 2 aliphatic heterocycles. The monoisotopic (exact) mass is 906 g/mol. The number of anilines is 2. The van der Waals surface area contributed by atoms with E-state index in [4.69, 9.17) is 20.9 Å². The van der Waals surface area contributed by atoms with E-state index in [-0.39, 0.29) is 18.2 Å². The van der Waals surface area contributed by atoms with Crippen molar-refractivity contribution in [2.75, 3.05) is 37.6 Å². The molecule has 49 heavy (non-hydrogen) atoms. The molecular weight excluding hydrogens is 862 g/mol. The molecule has 268 valence electrons. The number of ether oxygens (including phenoxy) is 2. The topological polar surface area (TPSA) is 229 Å². The highest BCUT2D eigenvalue weighted by Gasteiger charge is 2.31. The Hall–Kier alpha value is -3.34. The Labute approximate surface area is 311 Å². The summed E-state index contributed by atoms with van der Waals surface area (Å²) in [6, 6.07) is 0.0478. The van der Waals surface area contributed by atoms with E-state index in [2.05, 4.69) is 80.4 Å². The summed E-state index contributed by atoms with van der Waals surface area (Å²) >= 11 is 4.24. The Balaban J connectivity index is 0.000000183. The predicted octanol–water partition coefficient (Wildman–Crippen LogP) is 4.50. The molecule has 0 spiro atoms. The van der Waals surface area contributed by atoms with Crippen LogP contribution in [-0.4, -0.2) is 110 Å². The van der Waals surface area contributed by atoms with Crippen LogP contribution in [-0.2, 0) is 9.47 Å². The van der Waals surface area contributed by atoms with Crippen LogP contribution in [0.15, 0.2) is 12.7 Å². The lowest BCUT2D eigenvalue weighted by atomic mass is 10.1. The van der Waals surface area contributed by atoms with Gasteiger partial charge in [0.05, 0.1) is 22.9 Å². The number of rotatable bonds is 1. The number of piperidine rings is 2. The number of hydrogen-bond acceptors (Lipinski definition) is 13. The first-order valence-corrected chi connectivity index (χ1v) is 18.0. The van der Waals surface area contributed by atoms with Crippen molar-refractivity contribution < 1.29 is 24.2 Å². The molecule has 0 radical (unpaired) electrons. The van der Waals surface area contributed by atoms with Crippen molar-refractivity contribution in [1.29, 1.82) is 0 Å². The van der Waals surface area contributed by atoms with Crippen LogP contribution >= 0.6 is 45.2 Å². The van der Waals surface area contributed by atoms with Gasteiger partial charge in [-0.2, -0.15) is 10.2 Å². The number of carbonyl (C=O) groups excluding carboxylic acids is 2. The standard InChI is InChI=1S/C15H21IN6O2.C10H19NO3.C5H4IN5/c1-15(2,3)24-14(23)21-6-4-5-9(7-21)22-13-10(11(16)20-22)12(17)18-8-19-13;1-10(2,3)14-9(13)11-6-4-5-8(12)7-11;6-3-2-4(7)8-1-9-5(2)11-10-3/h8-9H,4-7H2,1-3H3,(H2,17,18,19);8,12H,4-7H2,1-3H3;1H,(H3,7,8,9,10,11)/t9-;8-;/m10./s1. The summed E-state index contributed by atoms with van der Waals surface area (Å²) in [6.07, 6.45) is 5.28. The number of aliphatic hydroxyl groups excluding tert-OH is 1. The molecule has 6 heterocycles. The summed E-state index contributed by atoms with van der Waals surface area (Å²) < 4.78 is 14.2. The Morgan fingerprint density at radius 1 is 0.857 bits per heavy atom. The molecule has 2 aliphatic rings. The minimum absolute atomic E-state index is 0.0478. The van der Waals surface area contributed by atoms with E-state index in [1.807, 2.05) is 46.2 Å². The van der Waals surface area contributed by atoms with Crippen LogP contribution in [0.25, 0.3) is 22.1 Å². The van der Waals surface area contributed by atoms with Gasteiger partial charge in [-0.1, -0.05) is 0 Å². The number of halogens is 2. The molecule has 4 aromatic heterocycles. The molecule has 2 saturated heterocycles. The van der Waals surface area contributed by atoms with Gasteiger partial charge in [0.15, 0.2) is 11.3 Å². The van der Waals surface area contributed by atoms with E-state index in [1.165, 1.54) is 12.7 Å². The molecule has 2 atom stereocenters. The van der Waals surface area contributed by atoms with Crippen LogP contribution in [0, 0.1) is 7.40 Å². The predicted molar refractivity (Wildman–Crippen MR) is 200 cm³/mol. The van der Waals surface area contributed by atoms with Gasteiger partial charge >= 0.3 is 12.2 Å². The van der Waals surface area contributed by atoms with Gasteiger partial charge in [0.2, 0.25) is 0 Å². The third-order valence-corrected chi connectivity index (χ3v) is 8.79. The fourth-order valence-corrected chi connectivity index (χ4v) is 6.53. The average Bonchev–Trinajstić information content (AvgIpc) is 3.57. The largest absolute Gasteiger partial charge is 0.444 e. The maximum Gasteiger partial charge on any atom is 0.410 e. The lowest BCUT2D eigenvalue weighted by molar-refractivity contribution is 0.00387. The van der Waals surface area contributed by atoms with Gasteiger partial charge in [0, 0.05) is 26.2 Å². The van der Waals surface area contributed by atoms with Crippen molar-refractivity contribution in [3.63, 3.8) is 0 Å². The SMILES string of the molecule is CC(C)(C)OC(=O)N1CCC[C@@H](n2nc(I)c3c(N)ncnc32)C1.CC(C)(C)OC(=O)N1CCC[C@H](O)C1.Nc1ncnc2n[nH]c(I)c12. The summed E-state index contributed by atoms with van der Waals surface area (Å²) in [5, 5.41) is 22.2. The van der Waals surface area contributed by atoms with Crippen molar-refractivity contribution in [1.82, 2.24) is 49.7 Å². The summed E-state index contributed by atoms with van der Waals surface area (Å²) in [6.45, 7) is 13.5. The first-order chi connectivity index (χ1) is 22.9. The number of likely N-dealkylation sites (tertiary alicyclic amines) is 2. The molecule has 2 amide bonds. The van der Waals surface area contributed by atoms with Crippen LogP contribution in [0.4, 0.5) is 21.2 Å². The van der Waals surface area contributed by atoms with Crippen molar-refractivity contribution in [3.8, 4) is 0 Å². The van der Waals surface area contributed by atoms with E-state index in [9.17, 15) is 14.7 Å². The second kappa shape index (κ2) is 16.1. The highest BCUT2D eigenvalue weighted by atomic mass is 127. The lowest BCUT2D eigenvalue weighted by Gasteiger charge is -2.34. The number of nitrogens with zero attached hydrogens (tertiary/aromatic N) is 9. The fourth-order valence-electron chi connectivity index (χ4n) is 5.14. The van der Waals surface area contributed by atoms with Gasteiger partial charge in [0.1, 0.15) is 42.9 Å². The molecule has 0 aliphatic carbocycles. The summed E-state index contributed by atoms with van der Waals surface area (Å²) in [4.78, 5) is 43.3. The molecule has 19 heteroatoms. The molecule has 0 aromatic carbocycles. The normalized spacial score (nSPS) is 18.3. The molecule has 0 saturated carbocycles. The van der Waals surface area contributed by atoms with Crippen LogP contribution in [0.3, 0.4) is 0 Å². The number of aromatic nitrogens is 8. The van der Waals surface area contributed by atoms with Crippen LogP contribution in [0.5, 0.6) is 0 Å². The zero-order chi connectivity index (χ0) is 36.1. The van der Waals surface area contributed by atoms with Gasteiger partial charge in [-0.05, 0) is 112 Å². The summed E-state index contributed by atoms with van der Waals surface area (Å²) in [7, 11) is 0. The number of H-pyrrole nitrogens is 1. The Morgan fingerprint density at radius 2 is 1.41 bits per heavy atom. The van der Waals surface area contributed by atoms with Crippen LogP contribution < -0.4 is 11.5 Å². The van der Waals surface area contributed by atoms with Gasteiger partial charge in [-0.3, -0.25) is 5.10 Å². The molecule has 2 fully saturated rings. The molecule has 6 N–H and O–H groups in total. The molecule has 0 bridgehead atoms. The van der Waals surface area contributed by atoms with Gasteiger partial charge in [-0.25, -0.2) is 34.2 Å². The summed E-state index contributed by atoms with van der Waals surface area (Å²) in [5.74, 6) is 0.892. The Morgan fingerprint density at radius 3 is 1.98 bits per heavy atom. The molecular formula is C30H44I2N12O5. The van der Waals surface area contributed by atoms with E-state index < -0.39 is 17.3 Å². The molecule has 0 unspecified atom stereocenters. The second-order valence-electron chi connectivity index (χ2n) is 13.6. The number of nitrogens with one attached hydrogen (secondary N) is 1. The third-order valence-electron chi connectivity index (χ3n) is 7.25. The number of nitrogen functional groups attached to an aromatic ring is 2. The van der Waals surface area contributed by atoms with Gasteiger partial charge in [-0.15, -0.1) is 0 Å². The van der Waals surface area contributed by atoms with Crippen molar-refractivity contribution >= 4 is 91.1 Å². The van der Waals surface area contributed by atoms with Crippen molar-refractivity contribution in [2.24, 2.45) is 0 Å². The van der Waals surface area contributed by atoms with E-state index >= 15 is 0 Å². The lowest BCUT2D eigenvalue weighted by Crippen LogP contribution is -2.44.